The van der Waals surface area contributed by atoms with Crippen molar-refractivity contribution in [3.8, 4) is 5.75 Å². The van der Waals surface area contributed by atoms with Gasteiger partial charge in [-0.1, -0.05) is 0 Å². The van der Waals surface area contributed by atoms with Gasteiger partial charge in [0.25, 0.3) is 0 Å². The van der Waals surface area contributed by atoms with Crippen molar-refractivity contribution in [3.05, 3.63) is 42.2 Å². The summed E-state index contributed by atoms with van der Waals surface area (Å²) in [4.78, 5) is 0. The number of hydrogen-bond donors (Lipinski definition) is 2. The lowest BCUT2D eigenvalue weighted by Gasteiger charge is -2.24. The van der Waals surface area contributed by atoms with Crippen LogP contribution in [0.5, 0.6) is 5.75 Å². The van der Waals surface area contributed by atoms with E-state index in [1.807, 2.05) is 48.6 Å². The zero-order chi connectivity index (χ0) is 11.5. The Morgan fingerprint density at radius 1 is 1.38 bits per heavy atom. The number of benzene rings is 1. The number of nitrogen functional groups attached to an aromatic ring is 1. The second-order valence-corrected chi connectivity index (χ2v) is 3.63. The molecule has 0 atom stereocenters. The summed E-state index contributed by atoms with van der Waals surface area (Å²) < 4.78 is 5.18. The molecule has 4 heteroatoms. The van der Waals surface area contributed by atoms with Crippen molar-refractivity contribution >= 4 is 11.4 Å². The standard InChI is InChI=1S/C12H15N3O/c1-9-5-6-15(14-8-9)10-3-4-11(13)12(7-10)16-2/h3-8,14H,13H2,1-2H3. The third-order valence-corrected chi connectivity index (χ3v) is 2.41. The first-order valence-corrected chi connectivity index (χ1v) is 5.04. The van der Waals surface area contributed by atoms with Gasteiger partial charge in [0.2, 0.25) is 0 Å². The summed E-state index contributed by atoms with van der Waals surface area (Å²) >= 11 is 0. The van der Waals surface area contributed by atoms with Crippen LogP contribution < -0.4 is 20.9 Å². The third kappa shape index (κ3) is 1.95. The number of hydrazine groups is 1. The van der Waals surface area contributed by atoms with Gasteiger partial charge in [-0.25, -0.2) is 0 Å². The van der Waals surface area contributed by atoms with E-state index in [1.54, 1.807) is 7.11 Å². The summed E-state index contributed by atoms with van der Waals surface area (Å²) in [5.41, 5.74) is 11.7. The number of ether oxygens (including phenoxy) is 1. The largest absolute Gasteiger partial charge is 0.495 e. The molecular formula is C12H15N3O. The van der Waals surface area contributed by atoms with Gasteiger partial charge in [-0.05, 0) is 30.7 Å². The van der Waals surface area contributed by atoms with E-state index < -0.39 is 0 Å². The maximum absolute atomic E-state index is 5.76. The Hall–Kier alpha value is -2.10. The Labute approximate surface area is 95.0 Å². The monoisotopic (exact) mass is 217 g/mol. The fourth-order valence-corrected chi connectivity index (χ4v) is 1.46. The lowest BCUT2D eigenvalue weighted by Crippen LogP contribution is -2.30. The number of nitrogens with two attached hydrogens (primary N) is 1. The zero-order valence-corrected chi connectivity index (χ0v) is 9.40. The first kappa shape index (κ1) is 10.4. The van der Waals surface area contributed by atoms with Crippen LogP contribution in [-0.2, 0) is 0 Å². The van der Waals surface area contributed by atoms with E-state index in [0.717, 1.165) is 5.69 Å². The van der Waals surface area contributed by atoms with E-state index in [-0.39, 0.29) is 0 Å². The molecule has 1 aliphatic heterocycles. The van der Waals surface area contributed by atoms with Crippen molar-refractivity contribution in [2.45, 2.75) is 6.92 Å². The minimum absolute atomic E-state index is 0.638. The van der Waals surface area contributed by atoms with Crippen LogP contribution in [-0.4, -0.2) is 7.11 Å². The van der Waals surface area contributed by atoms with Crippen LogP contribution in [0.4, 0.5) is 11.4 Å². The molecule has 0 radical (unpaired) electrons. The molecule has 0 saturated carbocycles. The summed E-state index contributed by atoms with van der Waals surface area (Å²) in [5, 5.41) is 1.90. The van der Waals surface area contributed by atoms with E-state index in [9.17, 15) is 0 Å². The molecule has 0 spiro atoms. The molecule has 0 saturated heterocycles. The lowest BCUT2D eigenvalue weighted by molar-refractivity contribution is 0.417. The Bertz CT molecular complexity index is 452. The van der Waals surface area contributed by atoms with E-state index >= 15 is 0 Å². The van der Waals surface area contributed by atoms with Gasteiger partial charge in [0, 0.05) is 18.5 Å². The third-order valence-electron chi connectivity index (χ3n) is 2.41. The predicted octanol–water partition coefficient (Wildman–Crippen LogP) is 2.02. The van der Waals surface area contributed by atoms with Gasteiger partial charge in [-0.15, -0.1) is 0 Å². The van der Waals surface area contributed by atoms with Crippen molar-refractivity contribution in [1.29, 1.82) is 0 Å². The van der Waals surface area contributed by atoms with Gasteiger partial charge in [0.05, 0.1) is 18.5 Å². The maximum Gasteiger partial charge on any atom is 0.143 e. The normalized spacial score (nSPS) is 14.4. The van der Waals surface area contributed by atoms with E-state index in [1.165, 1.54) is 5.57 Å². The van der Waals surface area contributed by atoms with E-state index in [4.69, 9.17) is 10.5 Å². The molecule has 0 aliphatic carbocycles. The van der Waals surface area contributed by atoms with Crippen LogP contribution in [0.1, 0.15) is 6.92 Å². The molecule has 0 bridgehead atoms. The molecule has 84 valence electrons. The molecule has 0 fully saturated rings. The van der Waals surface area contributed by atoms with Gasteiger partial charge in [-0.2, -0.15) is 0 Å². The first-order chi connectivity index (χ1) is 7.70. The summed E-state index contributed by atoms with van der Waals surface area (Å²) in [7, 11) is 1.61. The molecule has 1 aromatic rings. The maximum atomic E-state index is 5.76. The summed E-state index contributed by atoms with van der Waals surface area (Å²) in [6.45, 7) is 2.03. The quantitative estimate of drug-likeness (QED) is 0.744. The smallest absolute Gasteiger partial charge is 0.143 e. The second-order valence-electron chi connectivity index (χ2n) is 3.63. The lowest BCUT2D eigenvalue weighted by atomic mass is 10.2. The molecule has 0 aromatic heterocycles. The molecule has 1 aromatic carbocycles. The van der Waals surface area contributed by atoms with E-state index in [0.29, 0.717) is 11.4 Å². The number of allylic oxidation sites excluding steroid dienone is 2. The number of methoxy groups -OCH3 is 1. The second kappa shape index (κ2) is 4.18. The molecule has 4 nitrogen and oxygen atoms in total. The number of rotatable bonds is 2. The highest BCUT2D eigenvalue weighted by molar-refractivity contribution is 5.63. The van der Waals surface area contributed by atoms with Crippen molar-refractivity contribution in [1.82, 2.24) is 5.43 Å². The van der Waals surface area contributed by atoms with Crippen molar-refractivity contribution < 1.29 is 4.74 Å². The van der Waals surface area contributed by atoms with Crippen molar-refractivity contribution in [3.63, 3.8) is 0 Å². The highest BCUT2D eigenvalue weighted by Gasteiger charge is 2.07. The van der Waals surface area contributed by atoms with Crippen LogP contribution in [0.25, 0.3) is 0 Å². The van der Waals surface area contributed by atoms with Crippen molar-refractivity contribution in [2.24, 2.45) is 0 Å². The molecule has 16 heavy (non-hydrogen) atoms. The predicted molar refractivity (Wildman–Crippen MR) is 65.9 cm³/mol. The molecule has 0 amide bonds. The molecule has 3 N–H and O–H groups in total. The van der Waals surface area contributed by atoms with Crippen LogP contribution >= 0.6 is 0 Å². The Balaban J connectivity index is 2.25. The number of hydrogen-bond acceptors (Lipinski definition) is 4. The van der Waals surface area contributed by atoms with Crippen LogP contribution in [0.3, 0.4) is 0 Å². The van der Waals surface area contributed by atoms with Gasteiger partial charge >= 0.3 is 0 Å². The minimum atomic E-state index is 0.638. The topological polar surface area (TPSA) is 50.5 Å². The highest BCUT2D eigenvalue weighted by atomic mass is 16.5. The zero-order valence-electron chi connectivity index (χ0n) is 9.40. The van der Waals surface area contributed by atoms with Gasteiger partial charge in [0.1, 0.15) is 5.75 Å². The van der Waals surface area contributed by atoms with Crippen LogP contribution in [0.15, 0.2) is 42.2 Å². The van der Waals surface area contributed by atoms with Crippen LogP contribution in [0.2, 0.25) is 0 Å². The Morgan fingerprint density at radius 3 is 2.81 bits per heavy atom. The van der Waals surface area contributed by atoms with Crippen molar-refractivity contribution in [2.75, 3.05) is 17.9 Å². The Kier molecular flexibility index (Phi) is 2.72. The molecule has 0 unspecified atom stereocenters. The fourth-order valence-electron chi connectivity index (χ4n) is 1.46. The molecular weight excluding hydrogens is 202 g/mol. The SMILES string of the molecule is COc1cc(N2C=CC(C)=CN2)ccc1N. The number of nitrogens with zero attached hydrogens (tertiary/aromatic N) is 1. The molecule has 1 aliphatic rings. The molecule has 1 heterocycles. The number of anilines is 2. The summed E-state index contributed by atoms with van der Waals surface area (Å²) in [5.74, 6) is 0.680. The Morgan fingerprint density at radius 2 is 2.19 bits per heavy atom. The van der Waals surface area contributed by atoms with Gasteiger partial charge < -0.3 is 15.9 Å². The fraction of sp³-hybridized carbons (Fsp3) is 0.167. The summed E-state index contributed by atoms with van der Waals surface area (Å²) in [6, 6.07) is 5.65. The van der Waals surface area contributed by atoms with Gasteiger partial charge in [0.15, 0.2) is 0 Å². The first-order valence-electron chi connectivity index (χ1n) is 5.04. The number of nitrogens with one attached hydrogen (secondary N) is 1. The van der Waals surface area contributed by atoms with Gasteiger partial charge in [-0.3, -0.25) is 5.01 Å². The van der Waals surface area contributed by atoms with E-state index in [2.05, 4.69) is 5.43 Å². The average Bonchev–Trinajstić information content (AvgIpc) is 2.31. The minimum Gasteiger partial charge on any atom is -0.495 e. The average molecular weight is 217 g/mol. The highest BCUT2D eigenvalue weighted by Crippen LogP contribution is 2.27. The van der Waals surface area contributed by atoms with Crippen LogP contribution in [0, 0.1) is 0 Å². The summed E-state index contributed by atoms with van der Waals surface area (Å²) in [6.07, 6.45) is 5.92. The molecule has 2 rings (SSSR count).